The molecule has 1 aromatic heterocycles. The number of nitrogens with zero attached hydrogens (tertiary/aromatic N) is 2. The first kappa shape index (κ1) is 17.3. The number of hydrogen-bond acceptors (Lipinski definition) is 5. The highest BCUT2D eigenvalue weighted by Gasteiger charge is 2.35. The van der Waals surface area contributed by atoms with Crippen LogP contribution >= 0.6 is 23.2 Å². The molecule has 1 aliphatic rings. The van der Waals surface area contributed by atoms with Crippen molar-refractivity contribution in [2.45, 2.75) is 5.92 Å². The van der Waals surface area contributed by atoms with Crippen LogP contribution in [0.4, 0.5) is 0 Å². The molecule has 4 rings (SSSR count). The molecule has 0 spiro atoms. The summed E-state index contributed by atoms with van der Waals surface area (Å²) in [6, 6.07) is 13.9. The lowest BCUT2D eigenvalue weighted by atomic mass is 9.83. The second kappa shape index (κ2) is 6.54. The van der Waals surface area contributed by atoms with E-state index in [0.717, 1.165) is 11.1 Å². The Kier molecular flexibility index (Phi) is 4.19. The molecule has 1 aliphatic heterocycles. The van der Waals surface area contributed by atoms with Gasteiger partial charge in [-0.05, 0) is 29.8 Å². The minimum atomic E-state index is -0.512. The summed E-state index contributed by atoms with van der Waals surface area (Å²) in [4.78, 5) is 0. The van der Waals surface area contributed by atoms with Crippen molar-refractivity contribution in [1.29, 1.82) is 5.26 Å². The molecule has 8 heteroatoms. The van der Waals surface area contributed by atoms with Gasteiger partial charge >= 0.3 is 0 Å². The molecule has 0 amide bonds. The quantitative estimate of drug-likeness (QED) is 0.595. The van der Waals surface area contributed by atoms with E-state index in [0.29, 0.717) is 21.3 Å². The minimum Gasteiger partial charge on any atom is -0.508 e. The van der Waals surface area contributed by atoms with Crippen LogP contribution in [0.1, 0.15) is 17.0 Å². The zero-order chi connectivity index (χ0) is 19.1. The number of nitrogens with two attached hydrogens (primary N) is 1. The lowest BCUT2D eigenvalue weighted by Crippen LogP contribution is -2.20. The monoisotopic (exact) mass is 398 g/mol. The number of nitrogens with one attached hydrogen (secondary N) is 1. The van der Waals surface area contributed by atoms with Crippen LogP contribution in [0, 0.1) is 11.3 Å². The summed E-state index contributed by atoms with van der Waals surface area (Å²) in [5.41, 5.74) is 9.01. The summed E-state index contributed by atoms with van der Waals surface area (Å²) in [6.07, 6.45) is 0. The largest absolute Gasteiger partial charge is 0.508 e. The van der Waals surface area contributed by atoms with E-state index in [2.05, 4.69) is 16.3 Å². The zero-order valence-electron chi connectivity index (χ0n) is 13.7. The highest BCUT2D eigenvalue weighted by molar-refractivity contribution is 6.42. The van der Waals surface area contributed by atoms with Gasteiger partial charge in [-0.1, -0.05) is 41.4 Å². The van der Waals surface area contributed by atoms with Crippen molar-refractivity contribution >= 4 is 23.2 Å². The van der Waals surface area contributed by atoms with Gasteiger partial charge in [-0.3, -0.25) is 5.10 Å². The van der Waals surface area contributed by atoms with E-state index in [-0.39, 0.29) is 23.1 Å². The van der Waals surface area contributed by atoms with Gasteiger partial charge in [0.05, 0.1) is 27.2 Å². The molecule has 2 aromatic carbocycles. The van der Waals surface area contributed by atoms with Crippen molar-refractivity contribution in [3.05, 3.63) is 75.1 Å². The number of hydrogen-bond donors (Lipinski definition) is 3. The van der Waals surface area contributed by atoms with Crippen molar-refractivity contribution in [2.24, 2.45) is 5.73 Å². The number of aromatic hydroxyl groups is 1. The van der Waals surface area contributed by atoms with E-state index in [9.17, 15) is 10.4 Å². The minimum absolute atomic E-state index is 0.00439. The fourth-order valence-electron chi connectivity index (χ4n) is 3.12. The van der Waals surface area contributed by atoms with Gasteiger partial charge in [-0.25, -0.2) is 0 Å². The molecule has 0 unspecified atom stereocenters. The van der Waals surface area contributed by atoms with Gasteiger partial charge in [0.1, 0.15) is 17.4 Å². The number of aromatic amines is 1. The van der Waals surface area contributed by atoms with Gasteiger partial charge in [0.2, 0.25) is 11.8 Å². The van der Waals surface area contributed by atoms with E-state index in [1.165, 1.54) is 0 Å². The predicted octanol–water partition coefficient (Wildman–Crippen LogP) is 4.31. The molecule has 1 atom stereocenters. The molecule has 3 aromatic rings. The number of nitriles is 1. The number of aromatic nitrogens is 2. The van der Waals surface area contributed by atoms with Crippen molar-refractivity contribution in [2.75, 3.05) is 0 Å². The molecule has 2 heterocycles. The van der Waals surface area contributed by atoms with Crippen LogP contribution in [0.15, 0.2) is 53.9 Å². The van der Waals surface area contributed by atoms with E-state index >= 15 is 0 Å². The molecule has 0 aliphatic carbocycles. The molecule has 134 valence electrons. The van der Waals surface area contributed by atoms with Gasteiger partial charge in [0.15, 0.2) is 0 Å². The first-order chi connectivity index (χ1) is 13.0. The second-order valence-electron chi connectivity index (χ2n) is 5.96. The van der Waals surface area contributed by atoms with Crippen LogP contribution in [-0.2, 0) is 0 Å². The van der Waals surface area contributed by atoms with Gasteiger partial charge < -0.3 is 15.6 Å². The highest BCUT2D eigenvalue weighted by atomic mass is 35.5. The van der Waals surface area contributed by atoms with Gasteiger partial charge in [0, 0.05) is 5.56 Å². The van der Waals surface area contributed by atoms with E-state index < -0.39 is 5.92 Å². The Morgan fingerprint density at radius 2 is 1.89 bits per heavy atom. The van der Waals surface area contributed by atoms with Crippen molar-refractivity contribution in [3.63, 3.8) is 0 Å². The number of H-pyrrole nitrogens is 1. The fourth-order valence-corrected chi connectivity index (χ4v) is 3.41. The zero-order valence-corrected chi connectivity index (χ0v) is 15.2. The number of benzene rings is 2. The third-order valence-corrected chi connectivity index (χ3v) is 5.11. The molecule has 4 N–H and O–H groups in total. The summed E-state index contributed by atoms with van der Waals surface area (Å²) in [5, 5.41) is 27.2. The second-order valence-corrected chi connectivity index (χ2v) is 6.78. The van der Waals surface area contributed by atoms with Gasteiger partial charge in [-0.2, -0.15) is 5.26 Å². The molecule has 0 saturated carbocycles. The maximum absolute atomic E-state index is 9.67. The lowest BCUT2D eigenvalue weighted by molar-refractivity contribution is 0.379. The molecule has 0 saturated heterocycles. The van der Waals surface area contributed by atoms with Crippen LogP contribution in [-0.4, -0.2) is 15.3 Å². The number of rotatable bonds is 2. The molecule has 0 radical (unpaired) electrons. The Bertz CT molecular complexity index is 1110. The third kappa shape index (κ3) is 2.87. The molecule has 6 nitrogen and oxygen atoms in total. The van der Waals surface area contributed by atoms with Crippen LogP contribution in [0.3, 0.4) is 0 Å². The number of phenols is 1. The van der Waals surface area contributed by atoms with Crippen LogP contribution in [0.2, 0.25) is 10.0 Å². The summed E-state index contributed by atoms with van der Waals surface area (Å²) in [6.45, 7) is 0. The normalized spacial score (nSPS) is 15.8. The smallest absolute Gasteiger partial charge is 0.244 e. The maximum Gasteiger partial charge on any atom is 0.244 e. The summed E-state index contributed by atoms with van der Waals surface area (Å²) in [5.74, 6) is -0.109. The van der Waals surface area contributed by atoms with Crippen molar-refractivity contribution < 1.29 is 9.84 Å². The Morgan fingerprint density at radius 1 is 1.15 bits per heavy atom. The number of halogens is 2. The fraction of sp³-hybridized carbons (Fsp3) is 0.0526. The number of ether oxygens (including phenoxy) is 1. The Hall–Kier alpha value is -3.14. The Labute approximate surface area is 164 Å². The van der Waals surface area contributed by atoms with Crippen LogP contribution in [0.5, 0.6) is 11.6 Å². The summed E-state index contributed by atoms with van der Waals surface area (Å²) < 4.78 is 5.55. The number of fused-ring (bicyclic) bond motifs is 1. The van der Waals surface area contributed by atoms with E-state index in [4.69, 9.17) is 33.7 Å². The SMILES string of the molecule is N#CC1=C(N)Oc2n[nH]c(-c3ccc(Cl)c(Cl)c3)c2[C@@H]1c1ccc(O)cc1. The molecule has 0 bridgehead atoms. The number of phenolic OH excluding ortho intramolecular Hbond substituents is 1. The summed E-state index contributed by atoms with van der Waals surface area (Å²) >= 11 is 12.2. The van der Waals surface area contributed by atoms with E-state index in [1.54, 1.807) is 42.5 Å². The van der Waals surface area contributed by atoms with Crippen LogP contribution < -0.4 is 10.5 Å². The average Bonchev–Trinajstić information content (AvgIpc) is 3.07. The Balaban J connectivity index is 1.94. The Morgan fingerprint density at radius 3 is 2.56 bits per heavy atom. The predicted molar refractivity (Wildman–Crippen MR) is 101 cm³/mol. The topological polar surface area (TPSA) is 108 Å². The average molecular weight is 399 g/mol. The third-order valence-electron chi connectivity index (χ3n) is 4.37. The number of allylic oxidation sites excluding steroid dienone is 1. The van der Waals surface area contributed by atoms with Crippen molar-refractivity contribution in [1.82, 2.24) is 10.2 Å². The molecule has 0 fully saturated rings. The van der Waals surface area contributed by atoms with Crippen LogP contribution in [0.25, 0.3) is 11.3 Å². The molecule has 27 heavy (non-hydrogen) atoms. The maximum atomic E-state index is 9.67. The van der Waals surface area contributed by atoms with Gasteiger partial charge in [0.25, 0.3) is 0 Å². The summed E-state index contributed by atoms with van der Waals surface area (Å²) in [7, 11) is 0. The van der Waals surface area contributed by atoms with Gasteiger partial charge in [-0.15, -0.1) is 5.10 Å². The highest BCUT2D eigenvalue weighted by Crippen LogP contribution is 2.46. The van der Waals surface area contributed by atoms with E-state index in [1.807, 2.05) is 0 Å². The molecular weight excluding hydrogens is 387 g/mol. The lowest BCUT2D eigenvalue weighted by Gasteiger charge is -2.24. The molecular formula is C19H12Cl2N4O2. The standard InChI is InChI=1S/C19H12Cl2N4O2/c20-13-6-3-10(7-14(13)21)17-16-15(9-1-4-11(26)5-2-9)12(8-22)18(23)27-19(16)25-24-17/h1-7,15,26H,23H2,(H,24,25)/t15-/m1/s1. The first-order valence-corrected chi connectivity index (χ1v) is 8.65. The first-order valence-electron chi connectivity index (χ1n) is 7.89. The van der Waals surface area contributed by atoms with Crippen molar-refractivity contribution in [3.8, 4) is 29.0 Å².